The molecule has 0 aromatic heterocycles. The Balaban J connectivity index is 2.27. The van der Waals surface area contributed by atoms with Gasteiger partial charge in [0.1, 0.15) is 5.75 Å². The highest BCUT2D eigenvalue weighted by Gasteiger charge is 2.24. The monoisotopic (exact) mass is 270 g/mol. The largest absolute Gasteiger partial charge is 0.497 e. The molecule has 1 unspecified atom stereocenters. The summed E-state index contributed by atoms with van der Waals surface area (Å²) in [6.45, 7) is 6.01. The summed E-state index contributed by atoms with van der Waals surface area (Å²) >= 11 is 0. The SMILES string of the molecule is COc1ccc(C(C)(O)Cc2cc(C)ccc2C)cc1. The fraction of sp³-hybridized carbons (Fsp3) is 0.333. The molecular formula is C18H22O2. The van der Waals surface area contributed by atoms with Crippen molar-refractivity contribution in [1.82, 2.24) is 0 Å². The summed E-state index contributed by atoms with van der Waals surface area (Å²) in [6, 6.07) is 14.0. The normalized spacial score (nSPS) is 13.8. The fourth-order valence-electron chi connectivity index (χ4n) is 2.41. The summed E-state index contributed by atoms with van der Waals surface area (Å²) in [5.74, 6) is 0.802. The molecule has 0 aliphatic heterocycles. The molecule has 2 heteroatoms. The lowest BCUT2D eigenvalue weighted by Gasteiger charge is -2.25. The maximum Gasteiger partial charge on any atom is 0.118 e. The molecule has 0 amide bonds. The van der Waals surface area contributed by atoms with Gasteiger partial charge in [-0.15, -0.1) is 0 Å². The van der Waals surface area contributed by atoms with Gasteiger partial charge in [0.25, 0.3) is 0 Å². The molecule has 0 fully saturated rings. The van der Waals surface area contributed by atoms with Crippen LogP contribution in [0.2, 0.25) is 0 Å². The smallest absolute Gasteiger partial charge is 0.118 e. The van der Waals surface area contributed by atoms with Crippen LogP contribution in [0.15, 0.2) is 42.5 Å². The Labute approximate surface area is 121 Å². The average molecular weight is 270 g/mol. The van der Waals surface area contributed by atoms with E-state index in [1.165, 1.54) is 16.7 Å². The standard InChI is InChI=1S/C18H22O2/c1-13-5-6-14(2)15(11-13)12-18(3,19)16-7-9-17(20-4)10-8-16/h5-11,19H,12H2,1-4H3. The van der Waals surface area contributed by atoms with Crippen molar-refractivity contribution in [3.8, 4) is 5.75 Å². The molecule has 0 aliphatic carbocycles. The number of methoxy groups -OCH3 is 1. The highest BCUT2D eigenvalue weighted by atomic mass is 16.5. The molecule has 0 aliphatic rings. The van der Waals surface area contributed by atoms with Gasteiger partial charge in [-0.1, -0.05) is 35.9 Å². The highest BCUT2D eigenvalue weighted by Crippen LogP contribution is 2.28. The lowest BCUT2D eigenvalue weighted by Crippen LogP contribution is -2.24. The zero-order chi connectivity index (χ0) is 14.8. The predicted octanol–water partition coefficient (Wildman–Crippen LogP) is 3.76. The maximum atomic E-state index is 10.8. The van der Waals surface area contributed by atoms with Gasteiger partial charge < -0.3 is 9.84 Å². The summed E-state index contributed by atoms with van der Waals surface area (Å²) in [4.78, 5) is 0. The number of hydrogen-bond donors (Lipinski definition) is 1. The molecular weight excluding hydrogens is 248 g/mol. The quantitative estimate of drug-likeness (QED) is 0.916. The van der Waals surface area contributed by atoms with Gasteiger partial charge in [0.05, 0.1) is 12.7 Å². The van der Waals surface area contributed by atoms with Crippen molar-refractivity contribution in [3.05, 3.63) is 64.7 Å². The first-order valence-electron chi connectivity index (χ1n) is 6.85. The molecule has 0 bridgehead atoms. The van der Waals surface area contributed by atoms with Crippen molar-refractivity contribution in [2.24, 2.45) is 0 Å². The molecule has 1 N–H and O–H groups in total. The Morgan fingerprint density at radius 3 is 2.30 bits per heavy atom. The number of rotatable bonds is 4. The van der Waals surface area contributed by atoms with Crippen molar-refractivity contribution >= 4 is 0 Å². The predicted molar refractivity (Wildman–Crippen MR) is 82.2 cm³/mol. The summed E-state index contributed by atoms with van der Waals surface area (Å²) in [7, 11) is 1.64. The molecule has 2 aromatic carbocycles. The van der Waals surface area contributed by atoms with E-state index >= 15 is 0 Å². The van der Waals surface area contributed by atoms with E-state index in [4.69, 9.17) is 4.74 Å². The molecule has 2 aromatic rings. The third kappa shape index (κ3) is 3.20. The van der Waals surface area contributed by atoms with Crippen LogP contribution in [0.25, 0.3) is 0 Å². The molecule has 106 valence electrons. The Morgan fingerprint density at radius 1 is 1.05 bits per heavy atom. The first-order chi connectivity index (χ1) is 9.42. The third-order valence-corrected chi connectivity index (χ3v) is 3.75. The Hall–Kier alpha value is -1.80. The van der Waals surface area contributed by atoms with Crippen LogP contribution in [-0.4, -0.2) is 12.2 Å². The van der Waals surface area contributed by atoms with E-state index in [0.717, 1.165) is 11.3 Å². The second-order valence-electron chi connectivity index (χ2n) is 5.61. The minimum atomic E-state index is -0.884. The minimum Gasteiger partial charge on any atom is -0.497 e. The summed E-state index contributed by atoms with van der Waals surface area (Å²) in [5.41, 5.74) is 3.63. The summed E-state index contributed by atoms with van der Waals surface area (Å²) < 4.78 is 5.15. The lowest BCUT2D eigenvalue weighted by molar-refractivity contribution is 0.0574. The van der Waals surface area contributed by atoms with E-state index in [9.17, 15) is 5.11 Å². The number of benzene rings is 2. The van der Waals surface area contributed by atoms with Crippen molar-refractivity contribution < 1.29 is 9.84 Å². The number of ether oxygens (including phenoxy) is 1. The zero-order valence-corrected chi connectivity index (χ0v) is 12.6. The first kappa shape index (κ1) is 14.6. The second kappa shape index (κ2) is 5.68. The van der Waals surface area contributed by atoms with Crippen LogP contribution in [0.5, 0.6) is 5.75 Å². The fourth-order valence-corrected chi connectivity index (χ4v) is 2.41. The molecule has 2 nitrogen and oxygen atoms in total. The highest BCUT2D eigenvalue weighted by molar-refractivity contribution is 5.35. The average Bonchev–Trinajstić information content (AvgIpc) is 2.43. The Morgan fingerprint density at radius 2 is 1.70 bits per heavy atom. The molecule has 1 atom stereocenters. The number of aliphatic hydroxyl groups is 1. The van der Waals surface area contributed by atoms with Gasteiger partial charge in [0, 0.05) is 6.42 Å². The van der Waals surface area contributed by atoms with Crippen molar-refractivity contribution in [2.45, 2.75) is 32.8 Å². The van der Waals surface area contributed by atoms with Crippen molar-refractivity contribution in [2.75, 3.05) is 7.11 Å². The molecule has 0 radical (unpaired) electrons. The van der Waals surface area contributed by atoms with Crippen molar-refractivity contribution in [1.29, 1.82) is 0 Å². The van der Waals surface area contributed by atoms with Gasteiger partial charge in [-0.05, 0) is 49.6 Å². The summed E-state index contributed by atoms with van der Waals surface area (Å²) in [6.07, 6.45) is 0.604. The van der Waals surface area contributed by atoms with E-state index < -0.39 is 5.60 Å². The van der Waals surface area contributed by atoms with Gasteiger partial charge in [0.2, 0.25) is 0 Å². The summed E-state index contributed by atoms with van der Waals surface area (Å²) in [5, 5.41) is 10.8. The Bertz CT molecular complexity index is 583. The van der Waals surface area contributed by atoms with Crippen LogP contribution in [0.1, 0.15) is 29.2 Å². The zero-order valence-electron chi connectivity index (χ0n) is 12.6. The molecule has 20 heavy (non-hydrogen) atoms. The topological polar surface area (TPSA) is 29.5 Å². The minimum absolute atomic E-state index is 0.604. The van der Waals surface area contributed by atoms with E-state index in [2.05, 4.69) is 32.0 Å². The van der Waals surface area contributed by atoms with Crippen LogP contribution < -0.4 is 4.74 Å². The molecule has 2 rings (SSSR count). The molecule has 0 saturated carbocycles. The van der Waals surface area contributed by atoms with E-state index in [-0.39, 0.29) is 0 Å². The van der Waals surface area contributed by atoms with Gasteiger partial charge in [-0.25, -0.2) is 0 Å². The third-order valence-electron chi connectivity index (χ3n) is 3.75. The first-order valence-corrected chi connectivity index (χ1v) is 6.85. The number of hydrogen-bond acceptors (Lipinski definition) is 2. The molecule has 0 saturated heterocycles. The van der Waals surface area contributed by atoms with Crippen LogP contribution in [0, 0.1) is 13.8 Å². The van der Waals surface area contributed by atoms with E-state index in [1.807, 2.05) is 31.2 Å². The van der Waals surface area contributed by atoms with Crippen molar-refractivity contribution in [3.63, 3.8) is 0 Å². The van der Waals surface area contributed by atoms with Crippen LogP contribution in [0.4, 0.5) is 0 Å². The molecule has 0 heterocycles. The molecule has 0 spiro atoms. The van der Waals surface area contributed by atoms with Gasteiger partial charge >= 0.3 is 0 Å². The maximum absolute atomic E-state index is 10.8. The van der Waals surface area contributed by atoms with E-state index in [1.54, 1.807) is 7.11 Å². The van der Waals surface area contributed by atoms with Gasteiger partial charge in [-0.2, -0.15) is 0 Å². The van der Waals surface area contributed by atoms with Crippen LogP contribution in [-0.2, 0) is 12.0 Å². The van der Waals surface area contributed by atoms with E-state index in [0.29, 0.717) is 6.42 Å². The Kier molecular flexibility index (Phi) is 4.15. The second-order valence-corrected chi connectivity index (χ2v) is 5.61. The lowest BCUT2D eigenvalue weighted by atomic mass is 9.87. The van der Waals surface area contributed by atoms with Gasteiger partial charge in [0.15, 0.2) is 0 Å². The van der Waals surface area contributed by atoms with Crippen LogP contribution in [0.3, 0.4) is 0 Å². The number of aryl methyl sites for hydroxylation is 2. The van der Waals surface area contributed by atoms with Gasteiger partial charge in [-0.3, -0.25) is 0 Å². The van der Waals surface area contributed by atoms with Crippen LogP contribution >= 0.6 is 0 Å².